The molecule has 19 heavy (non-hydrogen) atoms. The van der Waals surface area contributed by atoms with Gasteiger partial charge in [0, 0.05) is 20.5 Å². The summed E-state index contributed by atoms with van der Waals surface area (Å²) < 4.78 is 40.5. The number of hydrogen-bond donors (Lipinski definition) is 2. The minimum atomic E-state index is -4.18. The van der Waals surface area contributed by atoms with Crippen molar-refractivity contribution in [3.63, 3.8) is 0 Å². The summed E-state index contributed by atoms with van der Waals surface area (Å²) in [4.78, 5) is 7.70. The molecule has 0 spiro atoms. The zero-order valence-corrected chi connectivity index (χ0v) is 12.7. The van der Waals surface area contributed by atoms with Gasteiger partial charge in [-0.1, -0.05) is 5.16 Å². The first-order valence-electron chi connectivity index (χ1n) is 5.21. The molecular weight excluding hydrogens is 378 g/mol. The Kier molecular flexibility index (Phi) is 7.71. The summed E-state index contributed by atoms with van der Waals surface area (Å²) >= 11 is 0. The Morgan fingerprint density at radius 3 is 2.53 bits per heavy atom. The smallest absolute Gasteiger partial charge is 0.356 e. The predicted octanol–water partition coefficient (Wildman–Crippen LogP) is 1.61. The fourth-order valence-corrected chi connectivity index (χ4v) is 1.12. The van der Waals surface area contributed by atoms with E-state index in [1.165, 1.54) is 7.05 Å². The van der Waals surface area contributed by atoms with E-state index in [0.29, 0.717) is 11.7 Å². The van der Waals surface area contributed by atoms with E-state index in [1.807, 2.05) is 0 Å². The third-order valence-electron chi connectivity index (χ3n) is 1.91. The third-order valence-corrected chi connectivity index (χ3v) is 1.91. The molecule has 110 valence electrons. The van der Waals surface area contributed by atoms with Gasteiger partial charge < -0.3 is 15.2 Å². The summed E-state index contributed by atoms with van der Waals surface area (Å²) in [7, 11) is 1.46. The van der Waals surface area contributed by atoms with Crippen molar-refractivity contribution >= 4 is 29.9 Å². The topological polar surface area (TPSA) is 75.3 Å². The van der Waals surface area contributed by atoms with Crippen LogP contribution in [0, 0.1) is 6.92 Å². The van der Waals surface area contributed by atoms with Crippen molar-refractivity contribution in [1.29, 1.82) is 0 Å². The molecule has 0 aliphatic carbocycles. The molecule has 6 nitrogen and oxygen atoms in total. The molecule has 1 aromatic heterocycles. The fraction of sp³-hybridized carbons (Fsp3) is 0.667. The molecule has 2 N–H and O–H groups in total. The normalized spacial score (nSPS) is 11.9. The molecule has 0 saturated carbocycles. The van der Waals surface area contributed by atoms with Crippen LogP contribution in [0.4, 0.5) is 13.2 Å². The summed E-state index contributed by atoms with van der Waals surface area (Å²) in [6, 6.07) is 0. The maximum atomic E-state index is 11.9. The highest BCUT2D eigenvalue weighted by molar-refractivity contribution is 14.0. The number of hydrogen-bond acceptors (Lipinski definition) is 4. The van der Waals surface area contributed by atoms with Crippen molar-refractivity contribution in [3.8, 4) is 0 Å². The van der Waals surface area contributed by atoms with Gasteiger partial charge in [0.1, 0.15) is 0 Å². The lowest BCUT2D eigenvalue weighted by Crippen LogP contribution is -2.38. The highest BCUT2D eigenvalue weighted by atomic mass is 127. The number of halogens is 4. The van der Waals surface area contributed by atoms with E-state index in [9.17, 15) is 13.2 Å². The molecule has 0 saturated heterocycles. The minimum absolute atomic E-state index is 0. The van der Waals surface area contributed by atoms with Gasteiger partial charge >= 0.3 is 6.18 Å². The van der Waals surface area contributed by atoms with Crippen LogP contribution in [0.25, 0.3) is 0 Å². The number of aliphatic imine (C=N–C) groups is 1. The van der Waals surface area contributed by atoms with Gasteiger partial charge in [-0.15, -0.1) is 24.0 Å². The van der Waals surface area contributed by atoms with Crippen molar-refractivity contribution in [3.05, 3.63) is 11.7 Å². The first kappa shape index (κ1) is 17.9. The van der Waals surface area contributed by atoms with E-state index < -0.39 is 12.6 Å². The standard InChI is InChI=1S/C9H14F3N5O.HI/c1-6-16-7(17-18-6)5-15-8(13-2)14-4-3-9(10,11)12;/h3-5H2,1-2H3,(H2,13,14,15);1H. The fourth-order valence-electron chi connectivity index (χ4n) is 1.12. The molecule has 0 bridgehead atoms. The number of rotatable bonds is 4. The second-order valence-electron chi connectivity index (χ2n) is 3.45. The van der Waals surface area contributed by atoms with E-state index in [-0.39, 0.29) is 43.0 Å². The Morgan fingerprint density at radius 2 is 2.05 bits per heavy atom. The van der Waals surface area contributed by atoms with Gasteiger partial charge in [-0.05, 0) is 0 Å². The van der Waals surface area contributed by atoms with E-state index in [2.05, 4.69) is 25.8 Å². The lowest BCUT2D eigenvalue weighted by Gasteiger charge is -2.11. The van der Waals surface area contributed by atoms with Crippen LogP contribution in [0.2, 0.25) is 0 Å². The van der Waals surface area contributed by atoms with Crippen LogP contribution in [-0.2, 0) is 6.54 Å². The summed E-state index contributed by atoms with van der Waals surface area (Å²) in [5, 5.41) is 8.94. The number of alkyl halides is 3. The molecule has 0 aliphatic heterocycles. The molecule has 0 aliphatic rings. The summed E-state index contributed by atoms with van der Waals surface area (Å²) in [5.74, 6) is 1.08. The summed E-state index contributed by atoms with van der Waals surface area (Å²) in [6.45, 7) is 1.63. The van der Waals surface area contributed by atoms with E-state index >= 15 is 0 Å². The molecule has 1 heterocycles. The van der Waals surface area contributed by atoms with Gasteiger partial charge in [-0.3, -0.25) is 4.99 Å². The molecule has 0 radical (unpaired) electrons. The second-order valence-corrected chi connectivity index (χ2v) is 3.45. The highest BCUT2D eigenvalue weighted by Crippen LogP contribution is 2.17. The Bertz CT molecular complexity index is 407. The van der Waals surface area contributed by atoms with Crippen LogP contribution in [-0.4, -0.2) is 35.9 Å². The van der Waals surface area contributed by atoms with Crippen molar-refractivity contribution in [2.75, 3.05) is 13.6 Å². The Balaban J connectivity index is 0.00000324. The van der Waals surface area contributed by atoms with Crippen molar-refractivity contribution in [2.45, 2.75) is 26.1 Å². The van der Waals surface area contributed by atoms with Gasteiger partial charge in [0.25, 0.3) is 0 Å². The summed E-state index contributed by atoms with van der Waals surface area (Å²) in [5.41, 5.74) is 0. The molecule has 0 amide bonds. The second kappa shape index (κ2) is 8.17. The monoisotopic (exact) mass is 393 g/mol. The average molecular weight is 393 g/mol. The van der Waals surface area contributed by atoms with Crippen molar-refractivity contribution < 1.29 is 17.7 Å². The zero-order chi connectivity index (χ0) is 13.6. The molecule has 0 aromatic carbocycles. The molecule has 10 heteroatoms. The molecular formula is C9H15F3IN5O. The molecule has 0 atom stereocenters. The first-order valence-corrected chi connectivity index (χ1v) is 5.21. The highest BCUT2D eigenvalue weighted by Gasteiger charge is 2.26. The predicted molar refractivity (Wildman–Crippen MR) is 73.3 cm³/mol. The molecule has 0 fully saturated rings. The lowest BCUT2D eigenvalue weighted by molar-refractivity contribution is -0.132. The van der Waals surface area contributed by atoms with Crippen molar-refractivity contribution in [2.24, 2.45) is 4.99 Å². The zero-order valence-electron chi connectivity index (χ0n) is 10.4. The van der Waals surface area contributed by atoms with E-state index in [4.69, 9.17) is 4.52 Å². The van der Waals surface area contributed by atoms with Crippen LogP contribution in [0.15, 0.2) is 9.52 Å². The number of aromatic nitrogens is 2. The van der Waals surface area contributed by atoms with Crippen LogP contribution in [0.5, 0.6) is 0 Å². The van der Waals surface area contributed by atoms with Crippen LogP contribution in [0.1, 0.15) is 18.1 Å². The SMILES string of the molecule is CN=C(NCCC(F)(F)F)NCc1noc(C)n1.I. The van der Waals surface area contributed by atoms with E-state index in [0.717, 1.165) is 0 Å². The Labute approximate surface area is 125 Å². The Morgan fingerprint density at radius 1 is 1.37 bits per heavy atom. The lowest BCUT2D eigenvalue weighted by atomic mass is 10.4. The first-order chi connectivity index (χ1) is 8.40. The van der Waals surface area contributed by atoms with Crippen LogP contribution < -0.4 is 10.6 Å². The molecule has 0 unspecified atom stereocenters. The number of nitrogens with zero attached hydrogens (tertiary/aromatic N) is 3. The van der Waals surface area contributed by atoms with Gasteiger partial charge in [0.15, 0.2) is 11.8 Å². The average Bonchev–Trinajstić information content (AvgIpc) is 2.67. The van der Waals surface area contributed by atoms with Crippen LogP contribution >= 0.6 is 24.0 Å². The van der Waals surface area contributed by atoms with Gasteiger partial charge in [0.2, 0.25) is 5.89 Å². The van der Waals surface area contributed by atoms with Crippen molar-refractivity contribution in [1.82, 2.24) is 20.8 Å². The number of aryl methyl sites for hydroxylation is 1. The largest absolute Gasteiger partial charge is 0.390 e. The number of nitrogens with one attached hydrogen (secondary N) is 2. The quantitative estimate of drug-likeness (QED) is 0.462. The summed E-state index contributed by atoms with van der Waals surface area (Å²) in [6.07, 6.45) is -5.11. The molecule has 1 aromatic rings. The van der Waals surface area contributed by atoms with Gasteiger partial charge in [0.05, 0.1) is 13.0 Å². The third kappa shape index (κ3) is 7.85. The van der Waals surface area contributed by atoms with Crippen LogP contribution in [0.3, 0.4) is 0 Å². The molecule has 1 rings (SSSR count). The maximum absolute atomic E-state index is 11.9. The minimum Gasteiger partial charge on any atom is -0.356 e. The van der Waals surface area contributed by atoms with E-state index in [1.54, 1.807) is 6.92 Å². The Hall–Kier alpha value is -1.07. The van der Waals surface area contributed by atoms with Gasteiger partial charge in [-0.25, -0.2) is 0 Å². The maximum Gasteiger partial charge on any atom is 0.390 e. The number of guanidine groups is 1. The van der Waals surface area contributed by atoms with Gasteiger partial charge in [-0.2, -0.15) is 18.2 Å².